The predicted molar refractivity (Wildman–Crippen MR) is 244 cm³/mol. The first kappa shape index (κ1) is 33.4. The van der Waals surface area contributed by atoms with Crippen LogP contribution >= 0.6 is 0 Å². The van der Waals surface area contributed by atoms with Gasteiger partial charge in [-0.25, -0.2) is 15.0 Å². The van der Waals surface area contributed by atoms with Gasteiger partial charge in [0.1, 0.15) is 11.2 Å². The molecule has 0 aliphatic heterocycles. The molecule has 0 N–H and O–H groups in total. The molecule has 4 nitrogen and oxygen atoms in total. The van der Waals surface area contributed by atoms with Crippen LogP contribution in [0.15, 0.2) is 199 Å². The molecule has 1 atom stereocenters. The van der Waals surface area contributed by atoms with Crippen LogP contribution in [0.4, 0.5) is 0 Å². The summed E-state index contributed by atoms with van der Waals surface area (Å²) >= 11 is 0. The summed E-state index contributed by atoms with van der Waals surface area (Å²) in [4.78, 5) is 15.6. The van der Waals surface area contributed by atoms with Crippen molar-refractivity contribution >= 4 is 70.6 Å². The molecule has 276 valence electrons. The fraction of sp³-hybridized carbons (Fsp3) is 0.0364. The normalized spacial score (nSPS) is 14.2. The number of allylic oxidation sites excluding steroid dienone is 4. The molecule has 1 aliphatic rings. The van der Waals surface area contributed by atoms with Gasteiger partial charge < -0.3 is 4.42 Å². The second-order valence-electron chi connectivity index (χ2n) is 15.5. The Hall–Kier alpha value is -7.69. The molecule has 0 saturated carbocycles. The van der Waals surface area contributed by atoms with Gasteiger partial charge in [-0.2, -0.15) is 0 Å². The van der Waals surface area contributed by atoms with Crippen LogP contribution in [-0.4, -0.2) is 15.0 Å². The molecule has 12 rings (SSSR count). The second kappa shape index (κ2) is 13.5. The molecule has 0 radical (unpaired) electrons. The van der Waals surface area contributed by atoms with Gasteiger partial charge in [0.15, 0.2) is 17.5 Å². The van der Waals surface area contributed by atoms with Crippen LogP contribution in [-0.2, 0) is 0 Å². The fourth-order valence-electron chi connectivity index (χ4n) is 9.05. The van der Waals surface area contributed by atoms with Gasteiger partial charge in [0.05, 0.1) is 0 Å². The Kier molecular flexibility index (Phi) is 7.63. The Labute approximate surface area is 340 Å². The van der Waals surface area contributed by atoms with Gasteiger partial charge in [0.2, 0.25) is 0 Å². The number of hydrogen-bond acceptors (Lipinski definition) is 4. The quantitative estimate of drug-likeness (QED) is 0.164. The third kappa shape index (κ3) is 5.72. The molecule has 4 heteroatoms. The standard InChI is InChI=1S/C55H35N3O/c1-3-12-38-30-40(26-20-34(38)10-1)41-28-29-48-51(33-41)59-50-19-9-18-45(52(48)50)36-22-24-37(25-23-36)53-56-54(43-27-21-35-11-2-4-13-39(35)31-43)58-55(57-53)49-32-42-14-5-6-15-44(42)46-16-7-8-17-47(46)49/h1-22,24-33,36H,23H2. The lowest BCUT2D eigenvalue weighted by Crippen LogP contribution is -2.05. The minimum atomic E-state index is 0.161. The number of fused-ring (bicyclic) bond motifs is 8. The van der Waals surface area contributed by atoms with Crippen LogP contribution in [0.5, 0.6) is 0 Å². The zero-order valence-electron chi connectivity index (χ0n) is 32.0. The SMILES string of the molecule is C1=CC(c2cccc3oc4cc(-c5ccc6ccccc6c5)ccc4c23)CC=C1c1nc(-c2ccc3ccccc3c2)nc(-c2cc3ccccc3c3ccccc23)n1. The number of furan rings is 1. The summed E-state index contributed by atoms with van der Waals surface area (Å²) in [6.07, 6.45) is 7.58. The molecule has 0 saturated heterocycles. The van der Waals surface area contributed by atoms with Crippen molar-refractivity contribution in [3.8, 4) is 33.9 Å². The van der Waals surface area contributed by atoms with Gasteiger partial charge in [0, 0.05) is 33.4 Å². The predicted octanol–water partition coefficient (Wildman–Crippen LogP) is 14.5. The molecule has 2 heterocycles. The highest BCUT2D eigenvalue weighted by atomic mass is 16.3. The molecule has 9 aromatic carbocycles. The maximum absolute atomic E-state index is 6.55. The summed E-state index contributed by atoms with van der Waals surface area (Å²) in [5, 5.41) is 11.8. The van der Waals surface area contributed by atoms with Gasteiger partial charge in [-0.15, -0.1) is 0 Å². The Morgan fingerprint density at radius 1 is 0.424 bits per heavy atom. The van der Waals surface area contributed by atoms with Gasteiger partial charge in [-0.1, -0.05) is 158 Å². The lowest BCUT2D eigenvalue weighted by Gasteiger charge is -2.18. The number of nitrogens with zero attached hydrogens (tertiary/aromatic N) is 3. The van der Waals surface area contributed by atoms with Crippen LogP contribution in [0.3, 0.4) is 0 Å². The molecule has 0 fully saturated rings. The fourth-order valence-corrected chi connectivity index (χ4v) is 9.05. The summed E-state index contributed by atoms with van der Waals surface area (Å²) in [7, 11) is 0. The number of hydrogen-bond donors (Lipinski definition) is 0. The van der Waals surface area contributed by atoms with Crippen molar-refractivity contribution in [2.45, 2.75) is 12.3 Å². The zero-order chi connectivity index (χ0) is 38.9. The average molecular weight is 754 g/mol. The molecular weight excluding hydrogens is 719 g/mol. The first-order valence-electron chi connectivity index (χ1n) is 20.2. The highest BCUT2D eigenvalue weighted by Crippen LogP contribution is 2.41. The van der Waals surface area contributed by atoms with E-state index in [2.05, 4.69) is 194 Å². The van der Waals surface area contributed by atoms with Gasteiger partial charge in [0.25, 0.3) is 0 Å². The minimum absolute atomic E-state index is 0.161. The van der Waals surface area contributed by atoms with E-state index in [4.69, 9.17) is 19.4 Å². The minimum Gasteiger partial charge on any atom is -0.456 e. The van der Waals surface area contributed by atoms with Gasteiger partial charge >= 0.3 is 0 Å². The van der Waals surface area contributed by atoms with Crippen LogP contribution in [0.1, 0.15) is 23.7 Å². The highest BCUT2D eigenvalue weighted by Gasteiger charge is 2.22. The third-order valence-corrected chi connectivity index (χ3v) is 12.0. The molecule has 59 heavy (non-hydrogen) atoms. The lowest BCUT2D eigenvalue weighted by atomic mass is 9.87. The van der Waals surface area contributed by atoms with Crippen molar-refractivity contribution in [2.24, 2.45) is 0 Å². The Balaban J connectivity index is 0.940. The zero-order valence-corrected chi connectivity index (χ0v) is 32.0. The molecular formula is C55H35N3O. The summed E-state index contributed by atoms with van der Waals surface area (Å²) < 4.78 is 6.55. The van der Waals surface area contributed by atoms with Crippen LogP contribution in [0, 0.1) is 0 Å². The summed E-state index contributed by atoms with van der Waals surface area (Å²) in [5.41, 5.74) is 8.31. The Bertz CT molecular complexity index is 3560. The van der Waals surface area contributed by atoms with E-state index in [1.165, 1.54) is 43.4 Å². The average Bonchev–Trinajstić information content (AvgIpc) is 3.69. The van der Waals surface area contributed by atoms with Crippen molar-refractivity contribution in [2.75, 3.05) is 0 Å². The van der Waals surface area contributed by atoms with Crippen LogP contribution < -0.4 is 0 Å². The van der Waals surface area contributed by atoms with Crippen LogP contribution in [0.2, 0.25) is 0 Å². The molecule has 2 aromatic heterocycles. The van der Waals surface area contributed by atoms with E-state index in [1.54, 1.807) is 0 Å². The van der Waals surface area contributed by atoms with Crippen molar-refractivity contribution in [1.82, 2.24) is 15.0 Å². The van der Waals surface area contributed by atoms with Gasteiger partial charge in [-0.05, 0) is 103 Å². The van der Waals surface area contributed by atoms with Crippen molar-refractivity contribution < 1.29 is 4.42 Å². The maximum Gasteiger partial charge on any atom is 0.164 e. The molecule has 1 aliphatic carbocycles. The van der Waals surface area contributed by atoms with E-state index in [1.807, 2.05) is 0 Å². The van der Waals surface area contributed by atoms with Crippen LogP contribution in [0.25, 0.3) is 105 Å². The van der Waals surface area contributed by atoms with Gasteiger partial charge in [-0.3, -0.25) is 0 Å². The molecule has 11 aromatic rings. The topological polar surface area (TPSA) is 51.8 Å². The summed E-state index contributed by atoms with van der Waals surface area (Å²) in [6.45, 7) is 0. The summed E-state index contributed by atoms with van der Waals surface area (Å²) in [5.74, 6) is 2.14. The van der Waals surface area contributed by atoms with Crippen molar-refractivity contribution in [3.63, 3.8) is 0 Å². The third-order valence-electron chi connectivity index (χ3n) is 12.0. The van der Waals surface area contributed by atoms with Crippen molar-refractivity contribution in [1.29, 1.82) is 0 Å². The Morgan fingerprint density at radius 2 is 1.05 bits per heavy atom. The van der Waals surface area contributed by atoms with E-state index in [0.29, 0.717) is 17.5 Å². The smallest absolute Gasteiger partial charge is 0.164 e. The highest BCUT2D eigenvalue weighted by molar-refractivity contribution is 6.13. The van der Waals surface area contributed by atoms with E-state index >= 15 is 0 Å². The first-order chi connectivity index (χ1) is 29.2. The lowest BCUT2D eigenvalue weighted by molar-refractivity contribution is 0.668. The number of rotatable bonds is 5. The van der Waals surface area contributed by atoms with E-state index in [9.17, 15) is 0 Å². The Morgan fingerprint density at radius 3 is 1.83 bits per heavy atom. The largest absolute Gasteiger partial charge is 0.456 e. The number of aromatic nitrogens is 3. The molecule has 0 spiro atoms. The molecule has 1 unspecified atom stereocenters. The van der Waals surface area contributed by atoms with Crippen molar-refractivity contribution in [3.05, 3.63) is 206 Å². The second-order valence-corrected chi connectivity index (χ2v) is 15.5. The van der Waals surface area contributed by atoms with E-state index in [-0.39, 0.29) is 5.92 Å². The number of benzene rings is 9. The molecule has 0 amide bonds. The first-order valence-corrected chi connectivity index (χ1v) is 20.2. The van der Waals surface area contributed by atoms with E-state index < -0.39 is 0 Å². The maximum atomic E-state index is 6.55. The van der Waals surface area contributed by atoms with E-state index in [0.717, 1.165) is 61.4 Å². The summed E-state index contributed by atoms with van der Waals surface area (Å²) in [6, 6.07) is 62.4. The monoisotopic (exact) mass is 753 g/mol. The molecule has 0 bridgehead atoms.